The maximum absolute atomic E-state index is 7.01. The molecule has 9 aromatic carbocycles. The molecule has 0 spiro atoms. The van der Waals surface area contributed by atoms with Crippen LogP contribution in [0.5, 0.6) is 0 Å². The highest BCUT2D eigenvalue weighted by Gasteiger charge is 2.20. The summed E-state index contributed by atoms with van der Waals surface area (Å²) in [5.74, 6) is 1.84. The summed E-state index contributed by atoms with van der Waals surface area (Å²) in [6, 6.07) is 71.4. The fourth-order valence-corrected chi connectivity index (χ4v) is 8.85. The molecule has 0 aliphatic rings. The van der Waals surface area contributed by atoms with Gasteiger partial charge in [-0.15, -0.1) is 0 Å². The maximum atomic E-state index is 7.01. The van der Waals surface area contributed by atoms with E-state index in [4.69, 9.17) is 24.4 Å². The van der Waals surface area contributed by atoms with Crippen molar-refractivity contribution in [3.63, 3.8) is 0 Å². The number of aromatic nitrogens is 4. The molecule has 5 nitrogen and oxygen atoms in total. The summed E-state index contributed by atoms with van der Waals surface area (Å²) >= 11 is 0. The Morgan fingerprint density at radius 1 is 0.279 bits per heavy atom. The van der Waals surface area contributed by atoms with Crippen molar-refractivity contribution in [3.8, 4) is 67.7 Å². The predicted molar refractivity (Wildman–Crippen MR) is 250 cm³/mol. The fourth-order valence-electron chi connectivity index (χ4n) is 8.85. The number of pyridine rings is 1. The van der Waals surface area contributed by atoms with Crippen molar-refractivity contribution < 1.29 is 4.42 Å². The Bertz CT molecular complexity index is 3630. The average molecular weight is 779 g/mol. The highest BCUT2D eigenvalue weighted by molar-refractivity contribution is 6.25. The van der Waals surface area contributed by atoms with E-state index in [1.807, 2.05) is 48.5 Å². The van der Waals surface area contributed by atoms with Crippen molar-refractivity contribution in [3.05, 3.63) is 206 Å². The van der Waals surface area contributed by atoms with Gasteiger partial charge in [-0.25, -0.2) is 19.9 Å². The monoisotopic (exact) mass is 778 g/mol. The normalized spacial score (nSPS) is 11.6. The second-order valence-corrected chi connectivity index (χ2v) is 15.3. The van der Waals surface area contributed by atoms with Crippen LogP contribution in [0.3, 0.4) is 0 Å². The summed E-state index contributed by atoms with van der Waals surface area (Å²) in [5, 5.41) is 7.71. The second kappa shape index (κ2) is 14.2. The van der Waals surface area contributed by atoms with E-state index in [-0.39, 0.29) is 0 Å². The van der Waals surface area contributed by atoms with Gasteiger partial charge in [-0.2, -0.15) is 0 Å². The van der Waals surface area contributed by atoms with Crippen molar-refractivity contribution >= 4 is 54.4 Å². The van der Waals surface area contributed by atoms with E-state index < -0.39 is 0 Å². The molecule has 5 heteroatoms. The lowest BCUT2D eigenvalue weighted by atomic mass is 9.94. The number of hydrogen-bond acceptors (Lipinski definition) is 5. The molecule has 0 radical (unpaired) electrons. The molecule has 284 valence electrons. The summed E-state index contributed by atoms with van der Waals surface area (Å²) in [5.41, 5.74) is 11.7. The summed E-state index contributed by atoms with van der Waals surface area (Å²) in [4.78, 5) is 20.5. The Hall–Kier alpha value is -8.28. The third-order valence-electron chi connectivity index (χ3n) is 11.7. The van der Waals surface area contributed by atoms with Crippen molar-refractivity contribution in [1.82, 2.24) is 19.9 Å². The molecule has 3 aromatic heterocycles. The minimum absolute atomic E-state index is 0.603. The number of nitrogens with zero attached hydrogens (tertiary/aromatic N) is 4. The van der Waals surface area contributed by atoms with Crippen LogP contribution in [0.15, 0.2) is 211 Å². The number of benzene rings is 9. The third-order valence-corrected chi connectivity index (χ3v) is 11.7. The van der Waals surface area contributed by atoms with Gasteiger partial charge < -0.3 is 4.42 Å². The molecule has 0 amide bonds. The van der Waals surface area contributed by atoms with Crippen LogP contribution in [0.2, 0.25) is 0 Å². The van der Waals surface area contributed by atoms with Gasteiger partial charge in [0.15, 0.2) is 17.5 Å². The summed E-state index contributed by atoms with van der Waals surface area (Å²) in [6.45, 7) is 0. The van der Waals surface area contributed by atoms with Gasteiger partial charge in [0.25, 0.3) is 0 Å². The van der Waals surface area contributed by atoms with Crippen LogP contribution in [0, 0.1) is 0 Å². The molecule has 0 atom stereocenters. The zero-order valence-electron chi connectivity index (χ0n) is 32.8. The largest absolute Gasteiger partial charge is 0.455 e. The van der Waals surface area contributed by atoms with Crippen LogP contribution in [0.1, 0.15) is 0 Å². The van der Waals surface area contributed by atoms with E-state index in [1.165, 1.54) is 10.8 Å². The van der Waals surface area contributed by atoms with Gasteiger partial charge in [-0.05, 0) is 39.6 Å². The summed E-state index contributed by atoms with van der Waals surface area (Å²) in [6.07, 6.45) is 0. The minimum Gasteiger partial charge on any atom is -0.455 e. The first kappa shape index (κ1) is 34.7. The van der Waals surface area contributed by atoms with E-state index in [0.717, 1.165) is 93.8 Å². The second-order valence-electron chi connectivity index (χ2n) is 15.3. The smallest absolute Gasteiger partial charge is 0.164 e. The van der Waals surface area contributed by atoms with Gasteiger partial charge in [-0.3, -0.25) is 0 Å². The first-order valence-corrected chi connectivity index (χ1v) is 20.5. The van der Waals surface area contributed by atoms with Crippen LogP contribution in [-0.2, 0) is 0 Å². The van der Waals surface area contributed by atoms with Crippen LogP contribution in [0.4, 0.5) is 0 Å². The first-order chi connectivity index (χ1) is 30.2. The van der Waals surface area contributed by atoms with Gasteiger partial charge in [-0.1, -0.05) is 194 Å². The van der Waals surface area contributed by atoms with Gasteiger partial charge >= 0.3 is 0 Å². The number of fused-ring (bicyclic) bond motifs is 8. The van der Waals surface area contributed by atoms with Crippen LogP contribution >= 0.6 is 0 Å². The number of para-hydroxylation sites is 2. The quantitative estimate of drug-likeness (QED) is 0.157. The van der Waals surface area contributed by atoms with Crippen LogP contribution in [-0.4, -0.2) is 19.9 Å². The lowest BCUT2D eigenvalue weighted by Gasteiger charge is -2.13. The Morgan fingerprint density at radius 3 is 1.61 bits per heavy atom. The molecule has 0 fully saturated rings. The van der Waals surface area contributed by atoms with Crippen molar-refractivity contribution in [2.24, 2.45) is 0 Å². The molecule has 3 heterocycles. The lowest BCUT2D eigenvalue weighted by molar-refractivity contribution is 0.674. The van der Waals surface area contributed by atoms with Gasteiger partial charge in [0.05, 0.1) is 11.2 Å². The molecular weight excluding hydrogens is 745 g/mol. The highest BCUT2D eigenvalue weighted by atomic mass is 16.3. The Kier molecular flexibility index (Phi) is 8.10. The van der Waals surface area contributed by atoms with Crippen molar-refractivity contribution in [1.29, 1.82) is 0 Å². The minimum atomic E-state index is 0.603. The number of hydrogen-bond donors (Lipinski definition) is 0. The summed E-state index contributed by atoms with van der Waals surface area (Å²) < 4.78 is 7.01. The van der Waals surface area contributed by atoms with Gasteiger partial charge in [0.2, 0.25) is 0 Å². The Labute approximate surface area is 351 Å². The van der Waals surface area contributed by atoms with Gasteiger partial charge in [0.1, 0.15) is 11.2 Å². The molecule has 0 aliphatic carbocycles. The standard InChI is InChI=1S/C56H34N4O/c1-3-16-37(17-4-1)51-48-34-33-45-44-27-14-25-41(52(44)61-53(45)50(48)47-24-11-12-28-49(47)57-51)36-29-31-39(32-30-36)55-58-54(38-18-5-2-6-19-38)59-56(60-55)46-23-10-9-22-43(46)42-26-13-20-35-15-7-8-21-40(35)42/h1-34H. The molecule has 0 unspecified atom stereocenters. The van der Waals surface area contributed by atoms with E-state index in [1.54, 1.807) is 0 Å². The topological polar surface area (TPSA) is 64.7 Å². The zero-order chi connectivity index (χ0) is 40.3. The van der Waals surface area contributed by atoms with Crippen LogP contribution < -0.4 is 0 Å². The molecule has 12 rings (SSSR count). The Morgan fingerprint density at radius 2 is 0.803 bits per heavy atom. The molecular formula is C56H34N4O. The fraction of sp³-hybridized carbons (Fsp3) is 0. The van der Waals surface area contributed by atoms with Gasteiger partial charge in [0, 0.05) is 54.7 Å². The van der Waals surface area contributed by atoms with E-state index in [9.17, 15) is 0 Å². The molecule has 0 saturated heterocycles. The molecule has 61 heavy (non-hydrogen) atoms. The average Bonchev–Trinajstić information content (AvgIpc) is 3.73. The molecule has 0 N–H and O–H groups in total. The maximum Gasteiger partial charge on any atom is 0.164 e. The highest BCUT2D eigenvalue weighted by Crippen LogP contribution is 2.43. The van der Waals surface area contributed by atoms with Crippen molar-refractivity contribution in [2.75, 3.05) is 0 Å². The zero-order valence-corrected chi connectivity index (χ0v) is 32.8. The first-order valence-electron chi connectivity index (χ1n) is 20.5. The molecule has 0 aliphatic heterocycles. The lowest BCUT2D eigenvalue weighted by Crippen LogP contribution is -2.01. The molecule has 12 aromatic rings. The van der Waals surface area contributed by atoms with E-state index >= 15 is 0 Å². The number of furan rings is 1. The predicted octanol–water partition coefficient (Wildman–Crippen LogP) is 14.6. The SMILES string of the molecule is c1ccc(-c2nc(-c3ccc(-c4cccc5c4oc4c5ccc5c(-c6ccccc6)nc6ccccc6c54)cc3)nc(-c3ccccc3-c3cccc4ccccc34)n2)cc1. The summed E-state index contributed by atoms with van der Waals surface area (Å²) in [7, 11) is 0. The number of rotatable bonds is 6. The van der Waals surface area contributed by atoms with E-state index in [0.29, 0.717) is 17.5 Å². The van der Waals surface area contributed by atoms with Crippen LogP contribution in [0.25, 0.3) is 122 Å². The Balaban J connectivity index is 0.995. The third kappa shape index (κ3) is 5.86. The molecule has 0 saturated carbocycles. The molecule has 0 bridgehead atoms. The van der Waals surface area contributed by atoms with Crippen molar-refractivity contribution in [2.45, 2.75) is 0 Å². The van der Waals surface area contributed by atoms with E-state index in [2.05, 4.69) is 158 Å².